The predicted octanol–water partition coefficient (Wildman–Crippen LogP) is 0.612. The van der Waals surface area contributed by atoms with E-state index in [9.17, 15) is 4.79 Å². The van der Waals surface area contributed by atoms with E-state index in [0.29, 0.717) is 5.56 Å². The number of hydrogen-bond acceptors (Lipinski definition) is 3. The smallest absolute Gasteiger partial charge is 0.251 e. The van der Waals surface area contributed by atoms with Gasteiger partial charge in [0.25, 0.3) is 5.91 Å². The molecule has 0 atom stereocenters. The minimum atomic E-state index is -0.0536. The Kier molecular flexibility index (Phi) is 4.27. The van der Waals surface area contributed by atoms with Gasteiger partial charge in [-0.1, -0.05) is 12.1 Å². The summed E-state index contributed by atoms with van der Waals surface area (Å²) in [6, 6.07) is 7.54. The van der Waals surface area contributed by atoms with Crippen molar-refractivity contribution in [2.24, 2.45) is 0 Å². The molecule has 2 N–H and O–H groups in total. The summed E-state index contributed by atoms with van der Waals surface area (Å²) < 4.78 is 0. The average molecular weight is 207 g/mol. The van der Waals surface area contributed by atoms with E-state index in [0.717, 1.165) is 12.1 Å². The van der Waals surface area contributed by atoms with Gasteiger partial charge in [0.2, 0.25) is 0 Å². The van der Waals surface area contributed by atoms with E-state index in [4.69, 9.17) is 0 Å². The van der Waals surface area contributed by atoms with Crippen molar-refractivity contribution < 1.29 is 4.79 Å². The highest BCUT2D eigenvalue weighted by Gasteiger charge is 2.01. The first-order valence-corrected chi connectivity index (χ1v) is 4.85. The van der Waals surface area contributed by atoms with Crippen LogP contribution in [0.25, 0.3) is 0 Å². The lowest BCUT2D eigenvalue weighted by molar-refractivity contribution is 0.0963. The van der Waals surface area contributed by atoms with Crippen LogP contribution in [0.5, 0.6) is 0 Å². The van der Waals surface area contributed by atoms with Crippen LogP contribution in [0.15, 0.2) is 24.3 Å². The van der Waals surface area contributed by atoms with E-state index in [1.165, 1.54) is 0 Å². The zero-order valence-electron chi connectivity index (χ0n) is 9.37. The third-order valence-corrected chi connectivity index (χ3v) is 2.04. The summed E-state index contributed by atoms with van der Waals surface area (Å²) in [5.41, 5.74) is 4.99. The van der Waals surface area contributed by atoms with Crippen LogP contribution < -0.4 is 10.7 Å². The highest BCUT2D eigenvalue weighted by Crippen LogP contribution is 2.04. The number of carbonyl (C=O) groups is 1. The molecule has 0 spiro atoms. The average Bonchev–Trinajstić information content (AvgIpc) is 2.26. The number of hydrogen-bond donors (Lipinski definition) is 2. The molecule has 4 nitrogen and oxygen atoms in total. The molecule has 82 valence electrons. The number of nitrogens with zero attached hydrogens (tertiary/aromatic N) is 1. The Morgan fingerprint density at radius 2 is 1.87 bits per heavy atom. The molecule has 0 radical (unpaired) electrons. The lowest BCUT2D eigenvalue weighted by Crippen LogP contribution is -2.29. The van der Waals surface area contributed by atoms with Gasteiger partial charge in [0.1, 0.15) is 0 Å². The van der Waals surface area contributed by atoms with Gasteiger partial charge in [-0.3, -0.25) is 15.2 Å². The van der Waals surface area contributed by atoms with Crippen molar-refractivity contribution in [3.05, 3.63) is 35.4 Å². The monoisotopic (exact) mass is 207 g/mol. The highest BCUT2D eigenvalue weighted by atomic mass is 16.1. The van der Waals surface area contributed by atoms with Gasteiger partial charge in [0.05, 0.1) is 0 Å². The standard InChI is InChI=1S/C11H17N3O/c1-12-11(15)10-6-4-9(5-7-10)8-13-14(2)3/h4-7,13H,8H2,1-3H3,(H,12,15). The van der Waals surface area contributed by atoms with E-state index in [-0.39, 0.29) is 5.91 Å². The fraction of sp³-hybridized carbons (Fsp3) is 0.364. The van der Waals surface area contributed by atoms with Crippen molar-refractivity contribution in [2.45, 2.75) is 6.54 Å². The van der Waals surface area contributed by atoms with Crippen LogP contribution >= 0.6 is 0 Å². The van der Waals surface area contributed by atoms with Crippen LogP contribution in [-0.4, -0.2) is 32.1 Å². The Hall–Kier alpha value is -1.39. The first-order chi connectivity index (χ1) is 7.13. The molecule has 4 heteroatoms. The molecule has 0 saturated carbocycles. The fourth-order valence-electron chi connectivity index (χ4n) is 1.17. The zero-order chi connectivity index (χ0) is 11.3. The Morgan fingerprint density at radius 3 is 2.33 bits per heavy atom. The largest absolute Gasteiger partial charge is 0.355 e. The summed E-state index contributed by atoms with van der Waals surface area (Å²) >= 11 is 0. The second kappa shape index (κ2) is 5.48. The summed E-state index contributed by atoms with van der Waals surface area (Å²) in [6.45, 7) is 0.765. The highest BCUT2D eigenvalue weighted by molar-refractivity contribution is 5.93. The van der Waals surface area contributed by atoms with E-state index in [1.54, 1.807) is 7.05 Å². The molecule has 0 aliphatic rings. The lowest BCUT2D eigenvalue weighted by atomic mass is 10.1. The molecule has 1 rings (SSSR count). The van der Waals surface area contributed by atoms with Gasteiger partial charge >= 0.3 is 0 Å². The molecule has 1 amide bonds. The molecule has 1 aromatic carbocycles. The third kappa shape index (κ3) is 3.69. The molecule has 0 heterocycles. The first kappa shape index (κ1) is 11.7. The Balaban J connectivity index is 2.60. The maximum Gasteiger partial charge on any atom is 0.251 e. The number of rotatable bonds is 4. The topological polar surface area (TPSA) is 44.4 Å². The molecule has 0 bridgehead atoms. The van der Waals surface area contributed by atoms with E-state index >= 15 is 0 Å². The Bertz CT molecular complexity index is 319. The summed E-state index contributed by atoms with van der Waals surface area (Å²) in [7, 11) is 5.52. The third-order valence-electron chi connectivity index (χ3n) is 2.04. The zero-order valence-corrected chi connectivity index (χ0v) is 9.37. The number of hydrazine groups is 1. The van der Waals surface area contributed by atoms with Crippen LogP contribution in [0.1, 0.15) is 15.9 Å². The Morgan fingerprint density at radius 1 is 1.27 bits per heavy atom. The number of carbonyl (C=O) groups excluding carboxylic acids is 1. The van der Waals surface area contributed by atoms with Crippen LogP contribution in [0.3, 0.4) is 0 Å². The molecular formula is C11H17N3O. The molecular weight excluding hydrogens is 190 g/mol. The molecule has 15 heavy (non-hydrogen) atoms. The van der Waals surface area contributed by atoms with Gasteiger partial charge in [-0.15, -0.1) is 0 Å². The van der Waals surface area contributed by atoms with Crippen molar-refractivity contribution in [1.29, 1.82) is 0 Å². The number of nitrogens with one attached hydrogen (secondary N) is 2. The maximum absolute atomic E-state index is 11.3. The molecule has 1 aromatic rings. The van der Waals surface area contributed by atoms with Crippen LogP contribution in [0.2, 0.25) is 0 Å². The summed E-state index contributed by atoms with van der Waals surface area (Å²) in [6.07, 6.45) is 0. The quantitative estimate of drug-likeness (QED) is 0.711. The van der Waals surface area contributed by atoms with E-state index in [2.05, 4.69) is 10.7 Å². The molecule has 0 aliphatic heterocycles. The molecule has 0 unspecified atom stereocenters. The maximum atomic E-state index is 11.3. The normalized spacial score (nSPS) is 10.4. The Labute approximate surface area is 90.2 Å². The lowest BCUT2D eigenvalue weighted by Gasteiger charge is -2.11. The number of amides is 1. The summed E-state index contributed by atoms with van der Waals surface area (Å²) in [5.74, 6) is -0.0536. The second-order valence-corrected chi connectivity index (χ2v) is 3.51. The van der Waals surface area contributed by atoms with E-state index < -0.39 is 0 Å². The van der Waals surface area contributed by atoms with E-state index in [1.807, 2.05) is 43.4 Å². The van der Waals surface area contributed by atoms with Crippen molar-refractivity contribution in [1.82, 2.24) is 15.8 Å². The van der Waals surface area contributed by atoms with Crippen LogP contribution in [0, 0.1) is 0 Å². The summed E-state index contributed by atoms with van der Waals surface area (Å²) in [5, 5.41) is 4.48. The van der Waals surface area contributed by atoms with Crippen LogP contribution in [0.4, 0.5) is 0 Å². The van der Waals surface area contributed by atoms with Gasteiger partial charge < -0.3 is 5.32 Å². The number of benzene rings is 1. The molecule has 0 aromatic heterocycles. The molecule has 0 aliphatic carbocycles. The first-order valence-electron chi connectivity index (χ1n) is 4.85. The predicted molar refractivity (Wildman–Crippen MR) is 60.4 cm³/mol. The van der Waals surface area contributed by atoms with Gasteiger partial charge in [-0.2, -0.15) is 0 Å². The molecule has 0 saturated heterocycles. The minimum Gasteiger partial charge on any atom is -0.355 e. The van der Waals surface area contributed by atoms with Gasteiger partial charge in [-0.25, -0.2) is 0 Å². The fourth-order valence-corrected chi connectivity index (χ4v) is 1.17. The van der Waals surface area contributed by atoms with Gasteiger partial charge in [0.15, 0.2) is 0 Å². The van der Waals surface area contributed by atoms with Gasteiger partial charge in [0, 0.05) is 33.3 Å². The molecule has 0 fully saturated rings. The van der Waals surface area contributed by atoms with Crippen molar-refractivity contribution >= 4 is 5.91 Å². The van der Waals surface area contributed by atoms with Crippen LogP contribution in [-0.2, 0) is 6.54 Å². The summed E-state index contributed by atoms with van der Waals surface area (Å²) in [4.78, 5) is 11.3. The van der Waals surface area contributed by atoms with Crippen molar-refractivity contribution in [2.75, 3.05) is 21.1 Å². The minimum absolute atomic E-state index is 0.0536. The van der Waals surface area contributed by atoms with Crippen molar-refractivity contribution in [3.63, 3.8) is 0 Å². The van der Waals surface area contributed by atoms with Crippen molar-refractivity contribution in [3.8, 4) is 0 Å². The van der Waals surface area contributed by atoms with Gasteiger partial charge in [-0.05, 0) is 17.7 Å². The second-order valence-electron chi connectivity index (χ2n) is 3.51. The SMILES string of the molecule is CNC(=O)c1ccc(CNN(C)C)cc1.